The third kappa shape index (κ3) is 2.51. The Morgan fingerprint density at radius 3 is 2.88 bits per heavy atom. The van der Waals surface area contributed by atoms with Gasteiger partial charge in [-0.1, -0.05) is 12.1 Å². The van der Waals surface area contributed by atoms with Crippen LogP contribution in [0.4, 0.5) is 5.69 Å². The first-order valence-electron chi connectivity index (χ1n) is 5.13. The van der Waals surface area contributed by atoms with Crippen molar-refractivity contribution in [3.63, 3.8) is 0 Å². The first-order valence-corrected chi connectivity index (χ1v) is 5.13. The summed E-state index contributed by atoms with van der Waals surface area (Å²) >= 11 is 0. The minimum Gasteiger partial charge on any atom is -0.487 e. The molecule has 2 aromatic rings. The molecule has 2 rings (SSSR count). The molecule has 1 aromatic heterocycles. The topological polar surface area (TPSA) is 48.1 Å². The van der Waals surface area contributed by atoms with Crippen LogP contribution >= 0.6 is 0 Å². The molecule has 0 amide bonds. The second-order valence-electron chi connectivity index (χ2n) is 3.69. The van der Waals surface area contributed by atoms with Gasteiger partial charge in [-0.05, 0) is 30.7 Å². The van der Waals surface area contributed by atoms with Crippen LogP contribution in [0.3, 0.4) is 0 Å². The monoisotopic (exact) mass is 214 g/mol. The summed E-state index contributed by atoms with van der Waals surface area (Å²) in [5, 5.41) is 0. The van der Waals surface area contributed by atoms with Crippen LogP contribution in [-0.4, -0.2) is 4.98 Å². The minimum atomic E-state index is 0.487. The summed E-state index contributed by atoms with van der Waals surface area (Å²) < 4.78 is 5.61. The van der Waals surface area contributed by atoms with E-state index in [4.69, 9.17) is 10.5 Å². The lowest BCUT2D eigenvalue weighted by Crippen LogP contribution is -1.99. The van der Waals surface area contributed by atoms with Gasteiger partial charge in [-0.25, -0.2) is 0 Å². The number of nitrogens with zero attached hydrogens (tertiary/aromatic N) is 1. The predicted molar refractivity (Wildman–Crippen MR) is 64.2 cm³/mol. The highest BCUT2D eigenvalue weighted by molar-refractivity contribution is 5.54. The Balaban J connectivity index is 2.05. The van der Waals surface area contributed by atoms with Crippen molar-refractivity contribution in [2.45, 2.75) is 13.5 Å². The Bertz CT molecular complexity index is 469. The number of hydrogen-bond acceptors (Lipinski definition) is 3. The lowest BCUT2D eigenvalue weighted by Gasteiger charge is -2.09. The van der Waals surface area contributed by atoms with Crippen molar-refractivity contribution in [1.82, 2.24) is 4.98 Å². The van der Waals surface area contributed by atoms with Gasteiger partial charge in [0, 0.05) is 18.0 Å². The molecule has 0 saturated carbocycles. The molecule has 16 heavy (non-hydrogen) atoms. The standard InChI is InChI=1S/C13H14N2O/c1-10-4-5-13(12(14)7-10)16-9-11-3-2-6-15-8-11/h2-8H,9,14H2,1H3. The quantitative estimate of drug-likeness (QED) is 0.799. The Hall–Kier alpha value is -2.03. The zero-order chi connectivity index (χ0) is 11.4. The summed E-state index contributed by atoms with van der Waals surface area (Å²) in [7, 11) is 0. The Kier molecular flexibility index (Phi) is 3.05. The van der Waals surface area contributed by atoms with Crippen LogP contribution in [0.1, 0.15) is 11.1 Å². The highest BCUT2D eigenvalue weighted by Gasteiger charge is 2.00. The molecule has 0 aliphatic rings. The largest absolute Gasteiger partial charge is 0.487 e. The predicted octanol–water partition coefficient (Wildman–Crippen LogP) is 2.55. The smallest absolute Gasteiger partial charge is 0.142 e. The Labute approximate surface area is 94.9 Å². The van der Waals surface area contributed by atoms with Crippen molar-refractivity contribution in [2.75, 3.05) is 5.73 Å². The Morgan fingerprint density at radius 2 is 2.19 bits per heavy atom. The summed E-state index contributed by atoms with van der Waals surface area (Å²) in [5.41, 5.74) is 8.68. The summed E-state index contributed by atoms with van der Waals surface area (Å²) in [6, 6.07) is 9.63. The van der Waals surface area contributed by atoms with Gasteiger partial charge in [0.25, 0.3) is 0 Å². The number of pyridine rings is 1. The summed E-state index contributed by atoms with van der Waals surface area (Å²) in [5.74, 6) is 0.717. The van der Waals surface area contributed by atoms with Gasteiger partial charge >= 0.3 is 0 Å². The van der Waals surface area contributed by atoms with E-state index < -0.39 is 0 Å². The second kappa shape index (κ2) is 4.66. The molecule has 0 aliphatic heterocycles. The number of rotatable bonds is 3. The molecular formula is C13H14N2O. The van der Waals surface area contributed by atoms with Crippen molar-refractivity contribution in [3.05, 3.63) is 53.9 Å². The molecular weight excluding hydrogens is 200 g/mol. The van der Waals surface area contributed by atoms with E-state index >= 15 is 0 Å². The lowest BCUT2D eigenvalue weighted by atomic mass is 10.2. The highest BCUT2D eigenvalue weighted by atomic mass is 16.5. The van der Waals surface area contributed by atoms with Gasteiger partial charge in [0.05, 0.1) is 5.69 Å². The van der Waals surface area contributed by atoms with E-state index in [0.717, 1.165) is 16.9 Å². The van der Waals surface area contributed by atoms with Gasteiger partial charge in [-0.3, -0.25) is 4.98 Å². The average molecular weight is 214 g/mol. The maximum atomic E-state index is 5.84. The second-order valence-corrected chi connectivity index (χ2v) is 3.69. The molecule has 0 unspecified atom stereocenters. The highest BCUT2D eigenvalue weighted by Crippen LogP contribution is 2.22. The van der Waals surface area contributed by atoms with Crippen molar-refractivity contribution < 1.29 is 4.74 Å². The van der Waals surface area contributed by atoms with Crippen LogP contribution in [0.25, 0.3) is 0 Å². The normalized spacial score (nSPS) is 10.1. The molecule has 0 aliphatic carbocycles. The number of hydrogen-bond donors (Lipinski definition) is 1. The number of nitrogen functional groups attached to an aromatic ring is 1. The third-order valence-electron chi connectivity index (χ3n) is 2.28. The lowest BCUT2D eigenvalue weighted by molar-refractivity contribution is 0.307. The molecule has 0 radical (unpaired) electrons. The molecule has 82 valence electrons. The average Bonchev–Trinajstić information content (AvgIpc) is 2.29. The maximum Gasteiger partial charge on any atom is 0.142 e. The number of aromatic nitrogens is 1. The fourth-order valence-electron chi connectivity index (χ4n) is 1.44. The zero-order valence-electron chi connectivity index (χ0n) is 9.18. The van der Waals surface area contributed by atoms with E-state index in [2.05, 4.69) is 4.98 Å². The van der Waals surface area contributed by atoms with Gasteiger partial charge in [0.2, 0.25) is 0 Å². The van der Waals surface area contributed by atoms with Crippen LogP contribution in [0.15, 0.2) is 42.7 Å². The molecule has 1 aromatic carbocycles. The van der Waals surface area contributed by atoms with Crippen LogP contribution < -0.4 is 10.5 Å². The number of anilines is 1. The van der Waals surface area contributed by atoms with Crippen molar-refractivity contribution in [3.8, 4) is 5.75 Å². The first-order chi connectivity index (χ1) is 7.75. The van der Waals surface area contributed by atoms with Gasteiger partial charge < -0.3 is 10.5 Å². The summed E-state index contributed by atoms with van der Waals surface area (Å²) in [4.78, 5) is 4.02. The van der Waals surface area contributed by atoms with Crippen LogP contribution in [0, 0.1) is 6.92 Å². The van der Waals surface area contributed by atoms with E-state index in [9.17, 15) is 0 Å². The van der Waals surface area contributed by atoms with Crippen LogP contribution in [0.5, 0.6) is 5.75 Å². The number of aryl methyl sites for hydroxylation is 1. The molecule has 3 heteroatoms. The Morgan fingerprint density at radius 1 is 1.31 bits per heavy atom. The van der Waals surface area contributed by atoms with Crippen molar-refractivity contribution in [1.29, 1.82) is 0 Å². The van der Waals surface area contributed by atoms with Crippen LogP contribution in [0.2, 0.25) is 0 Å². The maximum absolute atomic E-state index is 5.84. The summed E-state index contributed by atoms with van der Waals surface area (Å²) in [6.07, 6.45) is 3.52. The number of ether oxygens (including phenoxy) is 1. The van der Waals surface area contributed by atoms with E-state index in [1.165, 1.54) is 0 Å². The zero-order valence-corrected chi connectivity index (χ0v) is 9.18. The van der Waals surface area contributed by atoms with E-state index in [1.54, 1.807) is 12.4 Å². The molecule has 0 spiro atoms. The van der Waals surface area contributed by atoms with Crippen molar-refractivity contribution in [2.24, 2.45) is 0 Å². The molecule has 0 fully saturated rings. The fraction of sp³-hybridized carbons (Fsp3) is 0.154. The molecule has 2 N–H and O–H groups in total. The number of nitrogens with two attached hydrogens (primary N) is 1. The van der Waals surface area contributed by atoms with E-state index in [-0.39, 0.29) is 0 Å². The molecule has 0 atom stereocenters. The van der Waals surface area contributed by atoms with E-state index in [0.29, 0.717) is 12.3 Å². The van der Waals surface area contributed by atoms with Gasteiger partial charge in [0.15, 0.2) is 0 Å². The van der Waals surface area contributed by atoms with E-state index in [1.807, 2.05) is 37.3 Å². The van der Waals surface area contributed by atoms with Crippen LogP contribution in [-0.2, 0) is 6.61 Å². The fourth-order valence-corrected chi connectivity index (χ4v) is 1.44. The molecule has 0 saturated heterocycles. The molecule has 0 bridgehead atoms. The van der Waals surface area contributed by atoms with Crippen molar-refractivity contribution >= 4 is 5.69 Å². The van der Waals surface area contributed by atoms with Gasteiger partial charge in [-0.15, -0.1) is 0 Å². The molecule has 3 nitrogen and oxygen atoms in total. The SMILES string of the molecule is Cc1ccc(OCc2cccnc2)c(N)c1. The van der Waals surface area contributed by atoms with Gasteiger partial charge in [-0.2, -0.15) is 0 Å². The minimum absolute atomic E-state index is 0.487. The van der Waals surface area contributed by atoms with Gasteiger partial charge in [0.1, 0.15) is 12.4 Å². The third-order valence-corrected chi connectivity index (χ3v) is 2.28. The summed E-state index contributed by atoms with van der Waals surface area (Å²) in [6.45, 7) is 2.49. The first kappa shape index (κ1) is 10.5. The number of benzene rings is 1. The molecule has 1 heterocycles.